The first-order valence-electron chi connectivity index (χ1n) is 6.03. The Morgan fingerprint density at radius 1 is 1.53 bits per heavy atom. The molecule has 1 aromatic carbocycles. The first-order chi connectivity index (χ1) is 8.94. The number of halogens is 1. The summed E-state index contributed by atoms with van der Waals surface area (Å²) >= 11 is 7.73. The zero-order valence-corrected chi connectivity index (χ0v) is 13.0. The topological polar surface area (TPSA) is 72.2 Å². The van der Waals surface area contributed by atoms with Crippen LogP contribution in [-0.2, 0) is 16.6 Å². The van der Waals surface area contributed by atoms with E-state index in [1.54, 1.807) is 24.8 Å². The zero-order valence-electron chi connectivity index (χ0n) is 10.6. The average molecular weight is 321 g/mol. The molecule has 0 saturated carbocycles. The Bertz CT molecular complexity index is 569. The van der Waals surface area contributed by atoms with Gasteiger partial charge in [-0.3, -0.25) is 0 Å². The van der Waals surface area contributed by atoms with E-state index in [2.05, 4.69) is 4.72 Å². The molecule has 0 spiro atoms. The van der Waals surface area contributed by atoms with Crippen LogP contribution in [0.3, 0.4) is 0 Å². The van der Waals surface area contributed by atoms with Crippen LogP contribution < -0.4 is 10.5 Å². The van der Waals surface area contributed by atoms with Crippen LogP contribution in [0.4, 0.5) is 0 Å². The molecule has 1 saturated heterocycles. The quantitative estimate of drug-likeness (QED) is 0.888. The lowest BCUT2D eigenvalue weighted by atomic mass is 10.1. The Kier molecular flexibility index (Phi) is 4.79. The molecule has 19 heavy (non-hydrogen) atoms. The molecule has 1 aromatic rings. The number of benzene rings is 1. The van der Waals surface area contributed by atoms with Crippen LogP contribution in [0.1, 0.15) is 17.5 Å². The van der Waals surface area contributed by atoms with Crippen molar-refractivity contribution >= 4 is 33.4 Å². The molecule has 1 atom stereocenters. The van der Waals surface area contributed by atoms with Gasteiger partial charge >= 0.3 is 0 Å². The van der Waals surface area contributed by atoms with E-state index in [-0.39, 0.29) is 17.5 Å². The molecule has 106 valence electrons. The van der Waals surface area contributed by atoms with Crippen LogP contribution in [-0.4, -0.2) is 26.0 Å². The second kappa shape index (κ2) is 6.01. The van der Waals surface area contributed by atoms with Crippen molar-refractivity contribution in [3.05, 3.63) is 28.3 Å². The fraction of sp³-hybridized carbons (Fsp3) is 0.500. The minimum absolute atomic E-state index is 0.00899. The predicted molar refractivity (Wildman–Crippen MR) is 80.1 cm³/mol. The Hall–Kier alpha value is -0.270. The Morgan fingerprint density at radius 2 is 2.26 bits per heavy atom. The largest absolute Gasteiger partial charge is 0.326 e. The number of hydrogen-bond acceptors (Lipinski definition) is 4. The number of nitrogens with one attached hydrogen (secondary N) is 1. The third-order valence-electron chi connectivity index (χ3n) is 3.19. The van der Waals surface area contributed by atoms with E-state index in [4.69, 9.17) is 17.3 Å². The van der Waals surface area contributed by atoms with E-state index in [1.807, 2.05) is 0 Å². The summed E-state index contributed by atoms with van der Waals surface area (Å²) in [5.41, 5.74) is 7.05. The van der Waals surface area contributed by atoms with Gasteiger partial charge in [-0.2, -0.15) is 11.8 Å². The Balaban J connectivity index is 2.36. The molecular formula is C12H17ClN2O2S2. The molecule has 0 radical (unpaired) electrons. The van der Waals surface area contributed by atoms with Gasteiger partial charge in [0.15, 0.2) is 0 Å². The van der Waals surface area contributed by atoms with Crippen molar-refractivity contribution in [1.29, 1.82) is 0 Å². The highest BCUT2D eigenvalue weighted by Gasteiger charge is 2.25. The maximum absolute atomic E-state index is 12.4. The van der Waals surface area contributed by atoms with Gasteiger partial charge in [-0.25, -0.2) is 13.1 Å². The van der Waals surface area contributed by atoms with Gasteiger partial charge in [0.05, 0.1) is 4.90 Å². The molecule has 2 rings (SSSR count). The molecule has 1 unspecified atom stereocenters. The van der Waals surface area contributed by atoms with Crippen molar-refractivity contribution < 1.29 is 8.42 Å². The van der Waals surface area contributed by atoms with Crippen LogP contribution >= 0.6 is 23.4 Å². The average Bonchev–Trinajstić information content (AvgIpc) is 2.83. The van der Waals surface area contributed by atoms with Gasteiger partial charge in [-0.15, -0.1) is 0 Å². The smallest absolute Gasteiger partial charge is 0.241 e. The van der Waals surface area contributed by atoms with Gasteiger partial charge in [0.25, 0.3) is 0 Å². The van der Waals surface area contributed by atoms with E-state index in [0.717, 1.165) is 23.5 Å². The van der Waals surface area contributed by atoms with Crippen molar-refractivity contribution in [3.63, 3.8) is 0 Å². The summed E-state index contributed by atoms with van der Waals surface area (Å²) in [7, 11) is -3.53. The number of hydrogen-bond donors (Lipinski definition) is 2. The van der Waals surface area contributed by atoms with Crippen molar-refractivity contribution in [2.24, 2.45) is 5.73 Å². The van der Waals surface area contributed by atoms with E-state index >= 15 is 0 Å². The molecule has 0 amide bonds. The minimum atomic E-state index is -3.53. The summed E-state index contributed by atoms with van der Waals surface area (Å²) in [5.74, 6) is 1.82. The first-order valence-corrected chi connectivity index (χ1v) is 9.05. The second-order valence-electron chi connectivity index (χ2n) is 4.57. The molecule has 1 aliphatic rings. The predicted octanol–water partition coefficient (Wildman–Crippen LogP) is 1.89. The molecule has 7 heteroatoms. The van der Waals surface area contributed by atoms with Crippen LogP contribution in [0.25, 0.3) is 0 Å². The highest BCUT2D eigenvalue weighted by molar-refractivity contribution is 7.99. The van der Waals surface area contributed by atoms with Gasteiger partial charge in [0, 0.05) is 23.4 Å². The third-order valence-corrected chi connectivity index (χ3v) is 6.22. The van der Waals surface area contributed by atoms with Crippen LogP contribution in [0, 0.1) is 6.92 Å². The second-order valence-corrected chi connectivity index (χ2v) is 7.84. The molecule has 1 aliphatic heterocycles. The summed E-state index contributed by atoms with van der Waals surface area (Å²) < 4.78 is 27.6. The maximum Gasteiger partial charge on any atom is 0.241 e. The van der Waals surface area contributed by atoms with Gasteiger partial charge < -0.3 is 5.73 Å². The molecule has 1 fully saturated rings. The van der Waals surface area contributed by atoms with E-state index in [0.29, 0.717) is 10.6 Å². The van der Waals surface area contributed by atoms with Crippen LogP contribution in [0.15, 0.2) is 17.0 Å². The summed E-state index contributed by atoms with van der Waals surface area (Å²) in [4.78, 5) is 0.234. The molecule has 0 bridgehead atoms. The molecule has 3 N–H and O–H groups in total. The normalized spacial score (nSPS) is 19.8. The summed E-state index contributed by atoms with van der Waals surface area (Å²) in [6.45, 7) is 2.03. The summed E-state index contributed by atoms with van der Waals surface area (Å²) in [5, 5.41) is 0.396. The maximum atomic E-state index is 12.4. The van der Waals surface area contributed by atoms with Crippen LogP contribution in [0.2, 0.25) is 5.02 Å². The lowest BCUT2D eigenvalue weighted by Crippen LogP contribution is -2.35. The molecule has 0 aromatic heterocycles. The van der Waals surface area contributed by atoms with E-state index < -0.39 is 10.0 Å². The van der Waals surface area contributed by atoms with Gasteiger partial charge in [0.1, 0.15) is 0 Å². The fourth-order valence-corrected chi connectivity index (χ4v) is 5.26. The number of rotatable bonds is 4. The van der Waals surface area contributed by atoms with E-state index in [9.17, 15) is 8.42 Å². The van der Waals surface area contributed by atoms with Crippen molar-refractivity contribution in [3.8, 4) is 0 Å². The standard InChI is InChI=1S/C12H17ClN2O2S2/c1-8-9(6-14)4-10(13)5-12(8)19(16,17)15-11-2-3-18-7-11/h4-5,11,15H,2-3,6-7,14H2,1H3. The zero-order chi connectivity index (χ0) is 14.0. The van der Waals surface area contributed by atoms with Crippen molar-refractivity contribution in [1.82, 2.24) is 4.72 Å². The van der Waals surface area contributed by atoms with Crippen molar-refractivity contribution in [2.75, 3.05) is 11.5 Å². The molecule has 4 nitrogen and oxygen atoms in total. The SMILES string of the molecule is Cc1c(CN)cc(Cl)cc1S(=O)(=O)NC1CCSC1. The van der Waals surface area contributed by atoms with E-state index in [1.165, 1.54) is 6.07 Å². The number of sulfonamides is 1. The van der Waals surface area contributed by atoms with Gasteiger partial charge in [-0.1, -0.05) is 11.6 Å². The first kappa shape index (κ1) is 15.1. The van der Waals surface area contributed by atoms with Crippen molar-refractivity contribution in [2.45, 2.75) is 30.8 Å². The van der Waals surface area contributed by atoms with Crippen LogP contribution in [0.5, 0.6) is 0 Å². The lowest BCUT2D eigenvalue weighted by Gasteiger charge is -2.15. The van der Waals surface area contributed by atoms with Gasteiger partial charge in [-0.05, 0) is 42.4 Å². The summed E-state index contributed by atoms with van der Waals surface area (Å²) in [6, 6.07) is 3.21. The fourth-order valence-electron chi connectivity index (χ4n) is 2.11. The third kappa shape index (κ3) is 3.44. The molecular weight excluding hydrogens is 304 g/mol. The monoisotopic (exact) mass is 320 g/mol. The summed E-state index contributed by atoms with van der Waals surface area (Å²) in [6.07, 6.45) is 0.868. The highest BCUT2D eigenvalue weighted by atomic mass is 35.5. The molecule has 1 heterocycles. The number of thioether (sulfide) groups is 1. The highest BCUT2D eigenvalue weighted by Crippen LogP contribution is 2.26. The Morgan fingerprint density at radius 3 is 2.84 bits per heavy atom. The molecule has 0 aliphatic carbocycles. The number of nitrogens with two attached hydrogens (primary N) is 1. The Labute approximate surface area is 123 Å². The van der Waals surface area contributed by atoms with Gasteiger partial charge in [0.2, 0.25) is 10.0 Å². The minimum Gasteiger partial charge on any atom is -0.326 e. The lowest BCUT2D eigenvalue weighted by molar-refractivity contribution is 0.562.